The van der Waals surface area contributed by atoms with Crippen LogP contribution in [0.5, 0.6) is 0 Å². The first kappa shape index (κ1) is 20.7. The van der Waals surface area contributed by atoms with Crippen molar-refractivity contribution in [1.29, 1.82) is 0 Å². The summed E-state index contributed by atoms with van der Waals surface area (Å²) in [5.74, 6) is 1.17. The van der Waals surface area contributed by atoms with Crippen LogP contribution in [0.25, 0.3) is 0 Å². The molecule has 0 amide bonds. The van der Waals surface area contributed by atoms with Crippen molar-refractivity contribution in [3.63, 3.8) is 0 Å². The Labute approximate surface area is 158 Å². The topological polar surface area (TPSA) is 52.0 Å². The predicted molar refractivity (Wildman–Crippen MR) is 108 cm³/mol. The first-order chi connectivity index (χ1) is 12.0. The fourth-order valence-corrected chi connectivity index (χ4v) is 5.38. The molecule has 0 saturated heterocycles. The maximum Gasteiger partial charge on any atom is 0.269 e. The molecular weight excluding hydrogens is 344 g/mol. The molecule has 1 aromatic heterocycles. The highest BCUT2D eigenvalue weighted by Gasteiger charge is 2.29. The van der Waals surface area contributed by atoms with Gasteiger partial charge in [0, 0.05) is 12.6 Å². The van der Waals surface area contributed by atoms with Crippen LogP contribution in [0.3, 0.4) is 0 Å². The number of aryl methyl sites for hydroxylation is 2. The smallest absolute Gasteiger partial charge is 0.238 e. The molecule has 0 aliphatic rings. The zero-order chi connectivity index (χ0) is 19.8. The van der Waals surface area contributed by atoms with Crippen molar-refractivity contribution < 1.29 is 8.42 Å². The Hall–Kier alpha value is -1.62. The highest BCUT2D eigenvalue weighted by Crippen LogP contribution is 2.36. The highest BCUT2D eigenvalue weighted by atomic mass is 32.2. The minimum absolute atomic E-state index is 0.116. The average molecular weight is 377 g/mol. The lowest BCUT2D eigenvalue weighted by Gasteiger charge is -2.23. The third kappa shape index (κ3) is 3.73. The third-order valence-electron chi connectivity index (χ3n) is 4.78. The van der Waals surface area contributed by atoms with E-state index in [1.807, 2.05) is 13.8 Å². The van der Waals surface area contributed by atoms with E-state index in [2.05, 4.69) is 58.7 Å². The van der Waals surface area contributed by atoms with Gasteiger partial charge in [0.2, 0.25) is 0 Å². The van der Waals surface area contributed by atoms with E-state index in [1.165, 1.54) is 9.54 Å². The van der Waals surface area contributed by atoms with Crippen molar-refractivity contribution in [2.45, 2.75) is 84.5 Å². The zero-order valence-electron chi connectivity index (χ0n) is 17.3. The molecule has 0 fully saturated rings. The molecule has 0 radical (unpaired) electrons. The Morgan fingerprint density at radius 2 is 1.46 bits per heavy atom. The van der Waals surface area contributed by atoms with E-state index < -0.39 is 10.0 Å². The van der Waals surface area contributed by atoms with Crippen LogP contribution < -0.4 is 0 Å². The van der Waals surface area contributed by atoms with Crippen molar-refractivity contribution in [3.05, 3.63) is 46.5 Å². The van der Waals surface area contributed by atoms with Gasteiger partial charge in [-0.25, -0.2) is 17.4 Å². The van der Waals surface area contributed by atoms with Gasteiger partial charge in [-0.15, -0.1) is 0 Å². The van der Waals surface area contributed by atoms with Gasteiger partial charge in [0.15, 0.2) is 0 Å². The molecule has 0 bridgehead atoms. The second-order valence-electron chi connectivity index (χ2n) is 7.95. The molecule has 26 heavy (non-hydrogen) atoms. The summed E-state index contributed by atoms with van der Waals surface area (Å²) in [6.45, 7) is 16.3. The lowest BCUT2D eigenvalue weighted by atomic mass is 9.89. The Balaban J connectivity index is 2.90. The standard InChI is InChI=1S/C21H32N2O2S/c1-9-20-22-16(8)12-23(20)26(24,25)21-18(14(4)5)10-17(13(2)3)11-19(21)15(6)7/h10-15H,9H2,1-8H3. The van der Waals surface area contributed by atoms with Crippen LogP contribution in [-0.2, 0) is 16.4 Å². The van der Waals surface area contributed by atoms with Crippen molar-refractivity contribution in [1.82, 2.24) is 8.96 Å². The van der Waals surface area contributed by atoms with Crippen molar-refractivity contribution in [3.8, 4) is 0 Å². The number of rotatable bonds is 6. The molecule has 0 aliphatic carbocycles. The minimum Gasteiger partial charge on any atom is -0.238 e. The molecule has 5 heteroatoms. The molecule has 0 spiro atoms. The lowest BCUT2D eigenvalue weighted by Crippen LogP contribution is -2.20. The molecule has 0 atom stereocenters. The summed E-state index contributed by atoms with van der Waals surface area (Å²) in [5.41, 5.74) is 3.71. The van der Waals surface area contributed by atoms with Gasteiger partial charge >= 0.3 is 0 Å². The van der Waals surface area contributed by atoms with Crippen molar-refractivity contribution in [2.24, 2.45) is 0 Å². The third-order valence-corrected chi connectivity index (χ3v) is 6.60. The highest BCUT2D eigenvalue weighted by molar-refractivity contribution is 7.90. The first-order valence-electron chi connectivity index (χ1n) is 9.48. The van der Waals surface area contributed by atoms with E-state index in [9.17, 15) is 8.42 Å². The van der Waals surface area contributed by atoms with Crippen LogP contribution in [-0.4, -0.2) is 17.4 Å². The SMILES string of the molecule is CCc1nc(C)cn1S(=O)(=O)c1c(C(C)C)cc(C(C)C)cc1C(C)C. The number of imidazole rings is 1. The summed E-state index contributed by atoms with van der Waals surface area (Å²) >= 11 is 0. The Bertz CT molecular complexity index is 862. The molecule has 0 aliphatic heterocycles. The van der Waals surface area contributed by atoms with Gasteiger partial charge in [0.1, 0.15) is 5.82 Å². The normalized spacial score (nSPS) is 12.6. The Morgan fingerprint density at radius 3 is 1.85 bits per heavy atom. The quantitative estimate of drug-likeness (QED) is 0.682. The average Bonchev–Trinajstić information content (AvgIpc) is 2.95. The van der Waals surface area contributed by atoms with Gasteiger partial charge in [-0.1, -0.05) is 60.6 Å². The molecule has 1 aromatic carbocycles. The minimum atomic E-state index is -3.70. The molecule has 4 nitrogen and oxygen atoms in total. The van der Waals surface area contributed by atoms with Crippen molar-refractivity contribution in [2.75, 3.05) is 0 Å². The van der Waals surface area contributed by atoms with E-state index in [4.69, 9.17) is 0 Å². The summed E-state index contributed by atoms with van der Waals surface area (Å²) in [6.07, 6.45) is 2.21. The summed E-state index contributed by atoms with van der Waals surface area (Å²) in [5, 5.41) is 0. The fourth-order valence-electron chi connectivity index (χ4n) is 3.25. The maximum absolute atomic E-state index is 13.7. The van der Waals surface area contributed by atoms with Gasteiger partial charge in [-0.05, 0) is 41.4 Å². The summed E-state index contributed by atoms with van der Waals surface area (Å²) in [6, 6.07) is 4.15. The molecule has 1 heterocycles. The maximum atomic E-state index is 13.7. The van der Waals surface area contributed by atoms with Crippen LogP contribution in [0.4, 0.5) is 0 Å². The Morgan fingerprint density at radius 1 is 0.962 bits per heavy atom. The monoisotopic (exact) mass is 376 g/mol. The molecule has 144 valence electrons. The fraction of sp³-hybridized carbons (Fsp3) is 0.571. The van der Waals surface area contributed by atoms with Gasteiger partial charge in [0.05, 0.1) is 10.6 Å². The number of nitrogens with zero attached hydrogens (tertiary/aromatic N) is 2. The van der Waals surface area contributed by atoms with Crippen LogP contribution >= 0.6 is 0 Å². The van der Waals surface area contributed by atoms with Crippen LogP contribution in [0.1, 0.15) is 94.4 Å². The van der Waals surface area contributed by atoms with E-state index >= 15 is 0 Å². The second kappa shape index (κ2) is 7.55. The van der Waals surface area contributed by atoms with E-state index in [-0.39, 0.29) is 11.8 Å². The molecule has 0 saturated carbocycles. The number of hydrogen-bond donors (Lipinski definition) is 0. The van der Waals surface area contributed by atoms with Crippen molar-refractivity contribution >= 4 is 10.0 Å². The molecule has 0 N–H and O–H groups in total. The van der Waals surface area contributed by atoms with Crippen LogP contribution in [0.15, 0.2) is 23.2 Å². The number of aromatic nitrogens is 2. The second-order valence-corrected chi connectivity index (χ2v) is 9.70. The number of hydrogen-bond acceptors (Lipinski definition) is 3. The zero-order valence-corrected chi connectivity index (χ0v) is 18.1. The summed E-state index contributed by atoms with van der Waals surface area (Å²) in [4.78, 5) is 4.86. The molecule has 2 aromatic rings. The lowest BCUT2D eigenvalue weighted by molar-refractivity contribution is 0.579. The van der Waals surface area contributed by atoms with Gasteiger partial charge in [0.25, 0.3) is 10.0 Å². The predicted octanol–water partition coefficient (Wildman–Crippen LogP) is 5.36. The molecule has 2 rings (SSSR count). The number of benzene rings is 1. The summed E-state index contributed by atoms with van der Waals surface area (Å²) in [7, 11) is -3.70. The molecule has 0 unspecified atom stereocenters. The first-order valence-corrected chi connectivity index (χ1v) is 10.9. The van der Waals surface area contributed by atoms with Gasteiger partial charge < -0.3 is 0 Å². The summed E-state index contributed by atoms with van der Waals surface area (Å²) < 4.78 is 28.7. The van der Waals surface area contributed by atoms with Crippen LogP contribution in [0, 0.1) is 6.92 Å². The van der Waals surface area contributed by atoms with E-state index in [1.54, 1.807) is 6.20 Å². The van der Waals surface area contributed by atoms with E-state index in [0.29, 0.717) is 23.1 Å². The van der Waals surface area contributed by atoms with Gasteiger partial charge in [-0.3, -0.25) is 0 Å². The molecular formula is C21H32N2O2S. The Kier molecular flexibility index (Phi) is 6.01. The van der Waals surface area contributed by atoms with Crippen LogP contribution in [0.2, 0.25) is 0 Å². The van der Waals surface area contributed by atoms with Gasteiger partial charge in [-0.2, -0.15) is 0 Å². The van der Waals surface area contributed by atoms with E-state index in [0.717, 1.165) is 16.8 Å². The largest absolute Gasteiger partial charge is 0.269 e.